The first kappa shape index (κ1) is 21.4. The van der Waals surface area contributed by atoms with Gasteiger partial charge >= 0.3 is 11.8 Å². The van der Waals surface area contributed by atoms with Crippen LogP contribution in [0.4, 0.5) is 17.6 Å². The summed E-state index contributed by atoms with van der Waals surface area (Å²) >= 11 is 0. The molecule has 2 atom stereocenters. The van der Waals surface area contributed by atoms with E-state index in [-0.39, 0.29) is 18.7 Å². The average Bonchev–Trinajstić information content (AvgIpc) is 2.59. The van der Waals surface area contributed by atoms with Crippen molar-refractivity contribution in [2.24, 2.45) is 0 Å². The molecule has 0 radical (unpaired) electrons. The van der Waals surface area contributed by atoms with Crippen molar-refractivity contribution in [3.05, 3.63) is 35.9 Å². The van der Waals surface area contributed by atoms with E-state index in [0.717, 1.165) is 4.90 Å². The van der Waals surface area contributed by atoms with Gasteiger partial charge in [-0.3, -0.25) is 4.79 Å². The second kappa shape index (κ2) is 9.17. The van der Waals surface area contributed by atoms with E-state index >= 15 is 4.39 Å². The highest BCUT2D eigenvalue weighted by molar-refractivity contribution is 5.87. The van der Waals surface area contributed by atoms with Crippen LogP contribution in [0.25, 0.3) is 0 Å². The van der Waals surface area contributed by atoms with Crippen LogP contribution in [0.15, 0.2) is 30.3 Å². The summed E-state index contributed by atoms with van der Waals surface area (Å²) in [5, 5.41) is 10.1. The number of aliphatic hydroxyl groups excluding tert-OH is 1. The molecule has 1 aromatic carbocycles. The zero-order chi connectivity index (χ0) is 19.1. The van der Waals surface area contributed by atoms with Crippen LogP contribution in [0.1, 0.15) is 51.2 Å². The molecule has 0 fully saturated rings. The molecule has 1 aromatic rings. The first-order valence-electron chi connectivity index (χ1n) is 8.48. The van der Waals surface area contributed by atoms with Gasteiger partial charge in [-0.25, -0.2) is 4.39 Å². The van der Waals surface area contributed by atoms with Gasteiger partial charge in [-0.15, -0.1) is 0 Å². The van der Waals surface area contributed by atoms with Crippen LogP contribution >= 0.6 is 0 Å². The molecule has 0 aliphatic heterocycles. The summed E-state index contributed by atoms with van der Waals surface area (Å²) in [4.78, 5) is 13.4. The topological polar surface area (TPSA) is 40.5 Å². The summed E-state index contributed by atoms with van der Waals surface area (Å²) < 4.78 is 55.6. The average molecular weight is 363 g/mol. The maximum atomic E-state index is 15.1. The number of amides is 1. The number of halogens is 4. The quantitative estimate of drug-likeness (QED) is 0.660. The Bertz CT molecular complexity index is 528. The molecule has 0 aromatic heterocycles. The van der Waals surface area contributed by atoms with Crippen LogP contribution in [0, 0.1) is 0 Å². The Balaban J connectivity index is 3.24. The standard InChI is InChI=1S/C18H25F4NO2/c1-3-5-12-23(13-6-4-2)16(25)17(19,18(20,21)22)15(24)14-10-8-7-9-11-14/h7-11,15,24H,3-6,12-13H2,1-2H3/t15-,17+/m0/s1. The van der Waals surface area contributed by atoms with Crippen molar-refractivity contribution >= 4 is 5.91 Å². The number of hydrogen-bond donors (Lipinski definition) is 1. The Labute approximate surface area is 145 Å². The summed E-state index contributed by atoms with van der Waals surface area (Å²) in [6, 6.07) is 6.62. The molecule has 0 saturated carbocycles. The van der Waals surface area contributed by atoms with Crippen molar-refractivity contribution in [3.8, 4) is 0 Å². The van der Waals surface area contributed by atoms with E-state index in [2.05, 4.69) is 0 Å². The van der Waals surface area contributed by atoms with Crippen LogP contribution < -0.4 is 0 Å². The largest absolute Gasteiger partial charge is 0.434 e. The van der Waals surface area contributed by atoms with Gasteiger partial charge in [-0.1, -0.05) is 57.0 Å². The van der Waals surface area contributed by atoms with Crippen LogP contribution in [-0.2, 0) is 4.79 Å². The van der Waals surface area contributed by atoms with Gasteiger partial charge in [-0.05, 0) is 18.4 Å². The van der Waals surface area contributed by atoms with E-state index in [1.807, 2.05) is 13.8 Å². The zero-order valence-corrected chi connectivity index (χ0v) is 14.5. The second-order valence-electron chi connectivity index (χ2n) is 6.02. The maximum absolute atomic E-state index is 15.1. The van der Waals surface area contributed by atoms with E-state index in [9.17, 15) is 23.1 Å². The Hall–Kier alpha value is -1.63. The van der Waals surface area contributed by atoms with Crippen molar-refractivity contribution in [1.29, 1.82) is 0 Å². The number of hydrogen-bond acceptors (Lipinski definition) is 2. The molecule has 0 spiro atoms. The Kier molecular flexibility index (Phi) is 7.86. The molecule has 1 N–H and O–H groups in total. The van der Waals surface area contributed by atoms with E-state index in [4.69, 9.17) is 0 Å². The molecule has 0 heterocycles. The molecule has 0 saturated heterocycles. The van der Waals surface area contributed by atoms with E-state index in [0.29, 0.717) is 25.7 Å². The number of nitrogens with zero attached hydrogens (tertiary/aromatic N) is 1. The fraction of sp³-hybridized carbons (Fsp3) is 0.611. The smallest absolute Gasteiger partial charge is 0.384 e. The summed E-state index contributed by atoms with van der Waals surface area (Å²) in [6.45, 7) is 3.71. The fourth-order valence-electron chi connectivity index (χ4n) is 2.50. The molecule has 0 unspecified atom stereocenters. The van der Waals surface area contributed by atoms with E-state index in [1.54, 1.807) is 0 Å². The van der Waals surface area contributed by atoms with Gasteiger partial charge in [-0.2, -0.15) is 13.2 Å². The van der Waals surface area contributed by atoms with Crippen LogP contribution in [-0.4, -0.2) is 40.8 Å². The molecule has 25 heavy (non-hydrogen) atoms. The van der Waals surface area contributed by atoms with Gasteiger partial charge in [0.1, 0.15) is 6.10 Å². The number of carbonyl (C=O) groups is 1. The van der Waals surface area contributed by atoms with Crippen LogP contribution in [0.2, 0.25) is 0 Å². The third-order valence-corrected chi connectivity index (χ3v) is 4.07. The number of rotatable bonds is 9. The molecule has 1 rings (SSSR count). The van der Waals surface area contributed by atoms with Crippen molar-refractivity contribution in [2.45, 2.75) is 57.5 Å². The van der Waals surface area contributed by atoms with Crippen molar-refractivity contribution in [1.82, 2.24) is 4.90 Å². The molecule has 142 valence electrons. The first-order chi connectivity index (χ1) is 11.7. The van der Waals surface area contributed by atoms with Crippen LogP contribution in [0.3, 0.4) is 0 Å². The molecular weight excluding hydrogens is 338 g/mol. The normalized spacial score (nSPS) is 15.5. The lowest BCUT2D eigenvalue weighted by molar-refractivity contribution is -0.258. The van der Waals surface area contributed by atoms with Gasteiger partial charge in [0.05, 0.1) is 0 Å². The Morgan fingerprint density at radius 1 is 1.04 bits per heavy atom. The van der Waals surface area contributed by atoms with Gasteiger partial charge in [0, 0.05) is 13.1 Å². The molecule has 0 aliphatic carbocycles. The molecular formula is C18H25F4NO2. The van der Waals surface area contributed by atoms with Gasteiger partial charge in [0.2, 0.25) is 0 Å². The second-order valence-corrected chi connectivity index (χ2v) is 6.02. The van der Waals surface area contributed by atoms with Crippen molar-refractivity contribution in [2.75, 3.05) is 13.1 Å². The van der Waals surface area contributed by atoms with E-state index in [1.165, 1.54) is 30.3 Å². The molecule has 0 bridgehead atoms. The minimum absolute atomic E-state index is 0.0264. The molecule has 7 heteroatoms. The summed E-state index contributed by atoms with van der Waals surface area (Å²) in [5.41, 5.74) is -4.67. The third kappa shape index (κ3) is 4.93. The van der Waals surface area contributed by atoms with Gasteiger partial charge < -0.3 is 10.0 Å². The molecule has 0 aliphatic rings. The summed E-state index contributed by atoms with van der Waals surface area (Å²) in [6.07, 6.45) is -5.91. The number of alkyl halides is 4. The Morgan fingerprint density at radius 3 is 1.92 bits per heavy atom. The number of aliphatic hydroxyl groups is 1. The lowest BCUT2D eigenvalue weighted by Gasteiger charge is -2.36. The predicted octanol–water partition coefficient (Wildman–Crippen LogP) is 4.42. The minimum atomic E-state index is -5.53. The first-order valence-corrected chi connectivity index (χ1v) is 8.48. The predicted molar refractivity (Wildman–Crippen MR) is 87.7 cm³/mol. The lowest BCUT2D eigenvalue weighted by atomic mass is 9.90. The highest BCUT2D eigenvalue weighted by atomic mass is 19.4. The lowest BCUT2D eigenvalue weighted by Crippen LogP contribution is -2.58. The number of unbranched alkanes of at least 4 members (excludes halogenated alkanes) is 2. The third-order valence-electron chi connectivity index (χ3n) is 4.07. The van der Waals surface area contributed by atoms with Crippen LogP contribution in [0.5, 0.6) is 0 Å². The fourth-order valence-corrected chi connectivity index (χ4v) is 2.50. The molecule has 3 nitrogen and oxygen atoms in total. The van der Waals surface area contributed by atoms with E-state index < -0.39 is 23.9 Å². The Morgan fingerprint density at radius 2 is 1.52 bits per heavy atom. The molecule has 1 amide bonds. The van der Waals surface area contributed by atoms with Crippen molar-refractivity contribution in [3.63, 3.8) is 0 Å². The number of benzene rings is 1. The number of carbonyl (C=O) groups excluding carboxylic acids is 1. The van der Waals surface area contributed by atoms with Crippen molar-refractivity contribution < 1.29 is 27.5 Å². The SMILES string of the molecule is CCCCN(CCCC)C(=O)[C@](F)([C@@H](O)c1ccccc1)C(F)(F)F. The monoisotopic (exact) mass is 363 g/mol. The zero-order valence-electron chi connectivity index (χ0n) is 14.5. The van der Waals surface area contributed by atoms with Gasteiger partial charge in [0.25, 0.3) is 5.91 Å². The van der Waals surface area contributed by atoms with Gasteiger partial charge in [0.15, 0.2) is 0 Å². The summed E-state index contributed by atoms with van der Waals surface area (Å²) in [5.74, 6) is -1.72. The summed E-state index contributed by atoms with van der Waals surface area (Å²) in [7, 11) is 0. The maximum Gasteiger partial charge on any atom is 0.434 e. The minimum Gasteiger partial charge on any atom is -0.384 e. The highest BCUT2D eigenvalue weighted by Gasteiger charge is 2.67. The highest BCUT2D eigenvalue weighted by Crippen LogP contribution is 2.44.